The average Bonchev–Trinajstić information content (AvgIpc) is 3.08. The summed E-state index contributed by atoms with van der Waals surface area (Å²) in [4.78, 5) is 16.2. The molecule has 2 rings (SSSR count). The maximum Gasteiger partial charge on any atom is 0.237 e. The van der Waals surface area contributed by atoms with Crippen LogP contribution in [0, 0.1) is 18.3 Å². The van der Waals surface area contributed by atoms with E-state index in [0.29, 0.717) is 12.6 Å². The lowest BCUT2D eigenvalue weighted by molar-refractivity contribution is -0.134. The molecule has 2 heterocycles. The molecule has 0 aromatic carbocycles. The van der Waals surface area contributed by atoms with Gasteiger partial charge in [0.15, 0.2) is 0 Å². The largest absolute Gasteiger partial charge is 0.326 e. The Bertz CT molecular complexity index is 571. The van der Waals surface area contributed by atoms with Gasteiger partial charge in [-0.3, -0.25) is 14.4 Å². The molecule has 1 aliphatic heterocycles. The Morgan fingerprint density at radius 2 is 2.32 bits per heavy atom. The Kier molecular flexibility index (Phi) is 4.87. The van der Waals surface area contributed by atoms with Crippen LogP contribution < -0.4 is 0 Å². The standard InChI is InChI=1S/C16H25N5O/c1-13-8-18-21(9-13)10-14-6-5-7-20(14)11-15(22)19(4)16(2,3)12-17/h8-9,14H,5-7,10-11H2,1-4H3/t14-/m0/s1. The van der Waals surface area contributed by atoms with Gasteiger partial charge in [-0.05, 0) is 45.7 Å². The number of rotatable bonds is 5. The summed E-state index contributed by atoms with van der Waals surface area (Å²) in [6, 6.07) is 2.51. The minimum Gasteiger partial charge on any atom is -0.326 e. The molecule has 0 spiro atoms. The predicted octanol–water partition coefficient (Wildman–Crippen LogP) is 1.42. The second-order valence-electron chi connectivity index (χ2n) is 6.63. The van der Waals surface area contributed by atoms with E-state index in [4.69, 9.17) is 5.26 Å². The normalized spacial score (nSPS) is 19.1. The number of nitriles is 1. The molecule has 1 saturated heterocycles. The molecule has 0 N–H and O–H groups in total. The number of hydrogen-bond acceptors (Lipinski definition) is 4. The minimum atomic E-state index is -0.772. The van der Waals surface area contributed by atoms with Crippen molar-refractivity contribution in [1.29, 1.82) is 5.26 Å². The van der Waals surface area contributed by atoms with E-state index in [0.717, 1.165) is 31.5 Å². The third-order valence-corrected chi connectivity index (χ3v) is 4.48. The van der Waals surface area contributed by atoms with Gasteiger partial charge in [0.05, 0.1) is 25.4 Å². The molecule has 1 aromatic heterocycles. The van der Waals surface area contributed by atoms with Gasteiger partial charge >= 0.3 is 0 Å². The Morgan fingerprint density at radius 1 is 1.59 bits per heavy atom. The van der Waals surface area contributed by atoms with E-state index < -0.39 is 5.54 Å². The van der Waals surface area contributed by atoms with Crippen LogP contribution in [0.3, 0.4) is 0 Å². The topological polar surface area (TPSA) is 65.2 Å². The number of aryl methyl sites for hydroxylation is 1. The quantitative estimate of drug-likeness (QED) is 0.825. The molecule has 120 valence electrons. The second-order valence-corrected chi connectivity index (χ2v) is 6.63. The van der Waals surface area contributed by atoms with Crippen LogP contribution in [0.15, 0.2) is 12.4 Å². The highest BCUT2D eigenvalue weighted by molar-refractivity contribution is 5.79. The molecule has 1 aliphatic rings. The molecule has 0 aliphatic carbocycles. The fraction of sp³-hybridized carbons (Fsp3) is 0.688. The van der Waals surface area contributed by atoms with Gasteiger partial charge in [-0.25, -0.2) is 0 Å². The van der Waals surface area contributed by atoms with E-state index >= 15 is 0 Å². The monoisotopic (exact) mass is 303 g/mol. The first-order valence-electron chi connectivity index (χ1n) is 7.74. The van der Waals surface area contributed by atoms with Crippen molar-refractivity contribution in [2.75, 3.05) is 20.1 Å². The van der Waals surface area contributed by atoms with Crippen molar-refractivity contribution in [1.82, 2.24) is 19.6 Å². The van der Waals surface area contributed by atoms with Gasteiger partial charge in [0.1, 0.15) is 5.54 Å². The number of hydrogen-bond donors (Lipinski definition) is 0. The SMILES string of the molecule is Cc1cnn(C[C@@H]2CCCN2CC(=O)N(C)C(C)(C)C#N)c1. The number of amides is 1. The summed E-state index contributed by atoms with van der Waals surface area (Å²) >= 11 is 0. The van der Waals surface area contributed by atoms with Crippen molar-refractivity contribution in [2.24, 2.45) is 0 Å². The highest BCUT2D eigenvalue weighted by Crippen LogP contribution is 2.20. The van der Waals surface area contributed by atoms with Gasteiger partial charge in [-0.1, -0.05) is 0 Å². The third kappa shape index (κ3) is 3.66. The number of carbonyl (C=O) groups is 1. The fourth-order valence-electron chi connectivity index (χ4n) is 2.76. The Balaban J connectivity index is 1.96. The van der Waals surface area contributed by atoms with Crippen molar-refractivity contribution in [3.8, 4) is 6.07 Å². The first kappa shape index (κ1) is 16.5. The highest BCUT2D eigenvalue weighted by Gasteiger charge is 2.32. The molecule has 0 unspecified atom stereocenters. The number of carbonyl (C=O) groups excluding carboxylic acids is 1. The van der Waals surface area contributed by atoms with Crippen LogP contribution in [0.2, 0.25) is 0 Å². The zero-order chi connectivity index (χ0) is 16.3. The Morgan fingerprint density at radius 3 is 2.91 bits per heavy atom. The van der Waals surface area contributed by atoms with Crippen molar-refractivity contribution in [2.45, 2.75) is 51.7 Å². The van der Waals surface area contributed by atoms with Crippen LogP contribution in [0.5, 0.6) is 0 Å². The summed E-state index contributed by atoms with van der Waals surface area (Å²) in [6.07, 6.45) is 6.07. The molecule has 0 saturated carbocycles. The van der Waals surface area contributed by atoms with Crippen LogP contribution in [-0.2, 0) is 11.3 Å². The molecule has 0 bridgehead atoms. The van der Waals surface area contributed by atoms with E-state index in [1.807, 2.05) is 24.0 Å². The first-order chi connectivity index (χ1) is 10.3. The van der Waals surface area contributed by atoms with Crippen molar-refractivity contribution < 1.29 is 4.79 Å². The van der Waals surface area contributed by atoms with Crippen molar-refractivity contribution in [3.63, 3.8) is 0 Å². The van der Waals surface area contributed by atoms with Gasteiger partial charge < -0.3 is 4.90 Å². The van der Waals surface area contributed by atoms with Crippen LogP contribution in [-0.4, -0.2) is 57.2 Å². The first-order valence-corrected chi connectivity index (χ1v) is 7.74. The molecule has 1 aromatic rings. The second kappa shape index (κ2) is 6.49. The molecule has 1 amide bonds. The number of likely N-dealkylation sites (N-methyl/N-ethyl adjacent to an activating group) is 1. The summed E-state index contributed by atoms with van der Waals surface area (Å²) in [6.45, 7) is 7.66. The van der Waals surface area contributed by atoms with E-state index in [9.17, 15) is 4.79 Å². The average molecular weight is 303 g/mol. The van der Waals surface area contributed by atoms with Gasteiger partial charge in [0.25, 0.3) is 0 Å². The van der Waals surface area contributed by atoms with E-state index in [2.05, 4.69) is 16.1 Å². The van der Waals surface area contributed by atoms with Crippen molar-refractivity contribution in [3.05, 3.63) is 18.0 Å². The summed E-state index contributed by atoms with van der Waals surface area (Å²) in [5, 5.41) is 13.5. The van der Waals surface area contributed by atoms with Gasteiger partial charge in [0.2, 0.25) is 5.91 Å². The lowest BCUT2D eigenvalue weighted by Crippen LogP contribution is -2.49. The summed E-state index contributed by atoms with van der Waals surface area (Å²) < 4.78 is 1.95. The number of nitrogens with zero attached hydrogens (tertiary/aromatic N) is 5. The van der Waals surface area contributed by atoms with E-state index in [-0.39, 0.29) is 5.91 Å². The minimum absolute atomic E-state index is 0.00454. The summed E-state index contributed by atoms with van der Waals surface area (Å²) in [5.74, 6) is -0.00454. The zero-order valence-electron chi connectivity index (χ0n) is 13.9. The highest BCUT2D eigenvalue weighted by atomic mass is 16.2. The van der Waals surface area contributed by atoms with Crippen LogP contribution in [0.1, 0.15) is 32.3 Å². The molecular formula is C16H25N5O. The van der Waals surface area contributed by atoms with E-state index in [1.165, 1.54) is 0 Å². The summed E-state index contributed by atoms with van der Waals surface area (Å²) in [5.41, 5.74) is 0.377. The molecule has 22 heavy (non-hydrogen) atoms. The lowest BCUT2D eigenvalue weighted by Gasteiger charge is -2.32. The van der Waals surface area contributed by atoms with Gasteiger partial charge in [-0.15, -0.1) is 0 Å². The number of aromatic nitrogens is 2. The number of likely N-dealkylation sites (tertiary alicyclic amines) is 1. The van der Waals surface area contributed by atoms with Crippen LogP contribution in [0.4, 0.5) is 0 Å². The van der Waals surface area contributed by atoms with E-state index in [1.54, 1.807) is 25.8 Å². The maximum atomic E-state index is 12.4. The maximum absolute atomic E-state index is 12.4. The van der Waals surface area contributed by atoms with Crippen LogP contribution >= 0.6 is 0 Å². The molecule has 0 radical (unpaired) electrons. The predicted molar refractivity (Wildman–Crippen MR) is 84.0 cm³/mol. The molecule has 6 heteroatoms. The molecule has 6 nitrogen and oxygen atoms in total. The Labute approximate surface area is 132 Å². The zero-order valence-corrected chi connectivity index (χ0v) is 13.9. The summed E-state index contributed by atoms with van der Waals surface area (Å²) in [7, 11) is 1.70. The molecular weight excluding hydrogens is 278 g/mol. The Hall–Kier alpha value is -1.87. The third-order valence-electron chi connectivity index (χ3n) is 4.48. The molecule has 1 atom stereocenters. The van der Waals surface area contributed by atoms with Crippen LogP contribution in [0.25, 0.3) is 0 Å². The van der Waals surface area contributed by atoms with Gasteiger partial charge in [0, 0.05) is 19.3 Å². The van der Waals surface area contributed by atoms with Crippen molar-refractivity contribution >= 4 is 5.91 Å². The smallest absolute Gasteiger partial charge is 0.237 e. The lowest BCUT2D eigenvalue weighted by atomic mass is 10.1. The van der Waals surface area contributed by atoms with Gasteiger partial charge in [-0.2, -0.15) is 10.4 Å². The molecule has 1 fully saturated rings. The fourth-order valence-corrected chi connectivity index (χ4v) is 2.76.